The van der Waals surface area contributed by atoms with E-state index in [1.54, 1.807) is 17.5 Å². The SMILES string of the molecule is C[C@@H](C(=O)OCc1nc2scc(-c3ccco3)c2c(=O)[nH]1)N1C(=O)c2cccc([N+](=O)[O-])c2C1=O. The minimum absolute atomic E-state index is 0.0638. The van der Waals surface area contributed by atoms with Crippen molar-refractivity contribution in [3.8, 4) is 11.3 Å². The zero-order valence-electron chi connectivity index (χ0n) is 17.8. The minimum atomic E-state index is -1.37. The highest BCUT2D eigenvalue weighted by atomic mass is 32.1. The van der Waals surface area contributed by atoms with Gasteiger partial charge in [-0.05, 0) is 25.1 Å². The van der Waals surface area contributed by atoms with Gasteiger partial charge in [0, 0.05) is 17.0 Å². The van der Waals surface area contributed by atoms with Crippen LogP contribution in [-0.4, -0.2) is 43.6 Å². The van der Waals surface area contributed by atoms with Gasteiger partial charge in [-0.3, -0.25) is 29.4 Å². The van der Waals surface area contributed by atoms with E-state index in [0.29, 0.717) is 26.4 Å². The van der Waals surface area contributed by atoms with E-state index < -0.39 is 46.6 Å². The van der Waals surface area contributed by atoms with Gasteiger partial charge in [-0.2, -0.15) is 0 Å². The lowest BCUT2D eigenvalue weighted by atomic mass is 10.1. The molecule has 1 aromatic carbocycles. The maximum absolute atomic E-state index is 12.8. The molecule has 2 amide bonds. The van der Waals surface area contributed by atoms with Gasteiger partial charge in [0.1, 0.15) is 34.6 Å². The van der Waals surface area contributed by atoms with Crippen LogP contribution in [0.15, 0.2) is 51.2 Å². The Morgan fingerprint density at radius 2 is 2.03 bits per heavy atom. The van der Waals surface area contributed by atoms with Gasteiger partial charge in [-0.1, -0.05) is 6.07 Å². The van der Waals surface area contributed by atoms with Gasteiger partial charge in [0.2, 0.25) is 0 Å². The average Bonchev–Trinajstić information content (AvgIpc) is 3.56. The Morgan fingerprint density at radius 1 is 1.23 bits per heavy atom. The van der Waals surface area contributed by atoms with Crippen LogP contribution in [-0.2, 0) is 16.1 Å². The zero-order chi connectivity index (χ0) is 24.9. The summed E-state index contributed by atoms with van der Waals surface area (Å²) >= 11 is 1.21. The summed E-state index contributed by atoms with van der Waals surface area (Å²) < 4.78 is 10.5. The number of fused-ring (bicyclic) bond motifs is 2. The highest BCUT2D eigenvalue weighted by molar-refractivity contribution is 7.17. The van der Waals surface area contributed by atoms with Crippen molar-refractivity contribution < 1.29 is 28.5 Å². The van der Waals surface area contributed by atoms with E-state index in [1.807, 2.05) is 0 Å². The number of aromatic amines is 1. The number of imide groups is 1. The number of carbonyl (C=O) groups is 3. The number of thiophene rings is 1. The summed E-state index contributed by atoms with van der Waals surface area (Å²) in [6.07, 6.45) is 1.49. The largest absolute Gasteiger partial charge is 0.464 e. The second-order valence-corrected chi connectivity index (χ2v) is 8.40. The van der Waals surface area contributed by atoms with Gasteiger partial charge in [0.15, 0.2) is 0 Å². The Balaban J connectivity index is 1.34. The number of amides is 2. The molecule has 4 heterocycles. The number of hydrogen-bond donors (Lipinski definition) is 1. The monoisotopic (exact) mass is 494 g/mol. The second-order valence-electron chi connectivity index (χ2n) is 7.54. The number of nitro groups is 1. The fourth-order valence-corrected chi connectivity index (χ4v) is 4.78. The van der Waals surface area contributed by atoms with E-state index in [4.69, 9.17) is 9.15 Å². The molecule has 5 rings (SSSR count). The van der Waals surface area contributed by atoms with Crippen molar-refractivity contribution in [3.63, 3.8) is 0 Å². The number of nitrogens with zero attached hydrogens (tertiary/aromatic N) is 3. The second kappa shape index (κ2) is 8.29. The lowest BCUT2D eigenvalue weighted by molar-refractivity contribution is -0.385. The molecule has 0 saturated heterocycles. The third kappa shape index (κ3) is 3.58. The molecule has 176 valence electrons. The highest BCUT2D eigenvalue weighted by Crippen LogP contribution is 2.33. The molecule has 0 bridgehead atoms. The minimum Gasteiger partial charge on any atom is -0.464 e. The number of H-pyrrole nitrogens is 1. The first-order valence-electron chi connectivity index (χ1n) is 10.1. The average molecular weight is 494 g/mol. The molecule has 0 radical (unpaired) electrons. The topological polar surface area (TPSA) is 166 Å². The standard InChI is InChI=1S/C22H14N4O8S/c1-10(25-20(28)11-4-2-5-13(26(31)32)16(11)21(25)29)22(30)34-8-15-23-18(27)17-12(9-35-19(17)24-15)14-6-3-7-33-14/h2-7,9-10H,8H2,1H3,(H,23,24,27)/t10-/m0/s1. The van der Waals surface area contributed by atoms with Gasteiger partial charge in [-0.15, -0.1) is 11.3 Å². The molecule has 0 unspecified atom stereocenters. The summed E-state index contributed by atoms with van der Waals surface area (Å²) in [5.41, 5.74) is -0.923. The Labute approximate surface area is 198 Å². The molecule has 1 atom stereocenters. The molecule has 12 nitrogen and oxygen atoms in total. The van der Waals surface area contributed by atoms with Crippen molar-refractivity contribution in [1.82, 2.24) is 14.9 Å². The summed E-state index contributed by atoms with van der Waals surface area (Å²) in [7, 11) is 0. The normalized spacial score (nSPS) is 13.8. The van der Waals surface area contributed by atoms with E-state index in [1.165, 1.54) is 36.7 Å². The number of nitrogens with one attached hydrogen (secondary N) is 1. The summed E-state index contributed by atoms with van der Waals surface area (Å²) in [6, 6.07) is 5.71. The third-order valence-corrected chi connectivity index (χ3v) is 6.35. The fraction of sp³-hybridized carbons (Fsp3) is 0.136. The maximum atomic E-state index is 12.8. The number of nitro benzene ring substituents is 1. The van der Waals surface area contributed by atoms with Crippen LogP contribution in [0.3, 0.4) is 0 Å². The zero-order valence-corrected chi connectivity index (χ0v) is 18.7. The molecule has 1 N–H and O–H groups in total. The van der Waals surface area contributed by atoms with Crippen molar-refractivity contribution in [1.29, 1.82) is 0 Å². The van der Waals surface area contributed by atoms with Crippen LogP contribution < -0.4 is 5.56 Å². The molecule has 1 aliphatic heterocycles. The molecule has 13 heteroatoms. The van der Waals surface area contributed by atoms with Crippen molar-refractivity contribution in [2.75, 3.05) is 0 Å². The first-order chi connectivity index (χ1) is 16.8. The quantitative estimate of drug-likeness (QED) is 0.183. The predicted octanol–water partition coefficient (Wildman–Crippen LogP) is 2.88. The summed E-state index contributed by atoms with van der Waals surface area (Å²) in [5, 5.41) is 13.3. The summed E-state index contributed by atoms with van der Waals surface area (Å²) in [4.78, 5) is 69.1. The summed E-state index contributed by atoms with van der Waals surface area (Å²) in [5.74, 6) is -2.17. The van der Waals surface area contributed by atoms with Gasteiger partial charge < -0.3 is 14.1 Å². The van der Waals surface area contributed by atoms with E-state index >= 15 is 0 Å². The smallest absolute Gasteiger partial charge is 0.329 e. The number of benzene rings is 1. The lowest BCUT2D eigenvalue weighted by Crippen LogP contribution is -2.43. The van der Waals surface area contributed by atoms with Crippen molar-refractivity contribution in [3.05, 3.63) is 79.4 Å². The molecule has 1 aliphatic rings. The van der Waals surface area contributed by atoms with E-state index in [2.05, 4.69) is 9.97 Å². The Morgan fingerprint density at radius 3 is 2.74 bits per heavy atom. The maximum Gasteiger partial charge on any atom is 0.329 e. The lowest BCUT2D eigenvalue weighted by Gasteiger charge is -2.20. The third-order valence-electron chi connectivity index (χ3n) is 5.48. The van der Waals surface area contributed by atoms with Gasteiger partial charge >= 0.3 is 5.97 Å². The number of ether oxygens (including phenoxy) is 1. The molecule has 0 saturated carbocycles. The van der Waals surface area contributed by atoms with E-state index in [-0.39, 0.29) is 17.0 Å². The molecular weight excluding hydrogens is 480 g/mol. The van der Waals surface area contributed by atoms with Crippen LogP contribution in [0.25, 0.3) is 21.5 Å². The first kappa shape index (κ1) is 22.2. The van der Waals surface area contributed by atoms with Crippen LogP contribution >= 0.6 is 11.3 Å². The number of hydrogen-bond acceptors (Lipinski definition) is 10. The molecular formula is C22H14N4O8S. The number of esters is 1. The molecule has 3 aromatic heterocycles. The van der Waals surface area contributed by atoms with Crippen LogP contribution in [0.4, 0.5) is 5.69 Å². The number of furan rings is 1. The van der Waals surface area contributed by atoms with Gasteiger partial charge in [-0.25, -0.2) is 9.78 Å². The van der Waals surface area contributed by atoms with Crippen LogP contribution in [0, 0.1) is 10.1 Å². The number of rotatable bonds is 6. The van der Waals surface area contributed by atoms with Gasteiger partial charge in [0.25, 0.3) is 23.1 Å². The van der Waals surface area contributed by atoms with E-state index in [0.717, 1.165) is 6.07 Å². The summed E-state index contributed by atoms with van der Waals surface area (Å²) in [6.45, 7) is 0.843. The fourth-order valence-electron chi connectivity index (χ4n) is 3.83. The predicted molar refractivity (Wildman–Crippen MR) is 121 cm³/mol. The van der Waals surface area contributed by atoms with Crippen molar-refractivity contribution in [2.45, 2.75) is 19.6 Å². The first-order valence-corrected chi connectivity index (χ1v) is 11.0. The molecule has 0 aliphatic carbocycles. The molecule has 0 spiro atoms. The Bertz CT molecular complexity index is 1590. The van der Waals surface area contributed by atoms with Crippen LogP contribution in [0.5, 0.6) is 0 Å². The Hall–Kier alpha value is -4.65. The highest BCUT2D eigenvalue weighted by Gasteiger charge is 2.45. The van der Waals surface area contributed by atoms with Gasteiger partial charge in [0.05, 0.1) is 22.1 Å². The molecule has 4 aromatic rings. The number of aromatic nitrogens is 2. The Kier molecular flexibility index (Phi) is 5.25. The van der Waals surface area contributed by atoms with Crippen LogP contribution in [0.2, 0.25) is 0 Å². The molecule has 35 heavy (non-hydrogen) atoms. The molecule has 0 fully saturated rings. The number of carbonyl (C=O) groups excluding carboxylic acids is 3. The van der Waals surface area contributed by atoms with E-state index in [9.17, 15) is 29.3 Å². The van der Waals surface area contributed by atoms with Crippen LogP contribution in [0.1, 0.15) is 33.5 Å². The van der Waals surface area contributed by atoms with Crippen molar-refractivity contribution >= 4 is 45.0 Å². The van der Waals surface area contributed by atoms with Crippen molar-refractivity contribution in [2.24, 2.45) is 0 Å².